The minimum absolute atomic E-state index is 0.0282. The minimum atomic E-state index is -3.39. The van der Waals surface area contributed by atoms with E-state index in [1.54, 1.807) is 92.1 Å². The topological polar surface area (TPSA) is 870 Å². The van der Waals surface area contributed by atoms with Crippen molar-refractivity contribution >= 4 is 181 Å². The van der Waals surface area contributed by atoms with Crippen molar-refractivity contribution in [3.8, 4) is 0 Å². The summed E-state index contributed by atoms with van der Waals surface area (Å²) >= 11 is 0. The minimum Gasteiger partial charge on any atom is -0.369 e. The summed E-state index contributed by atoms with van der Waals surface area (Å²) < 4.78 is 101. The van der Waals surface area contributed by atoms with Crippen molar-refractivity contribution in [2.24, 2.45) is 0 Å². The summed E-state index contributed by atoms with van der Waals surface area (Å²) in [6.45, 7) is 31.6. The molecule has 10 rings (SSSR count). The first kappa shape index (κ1) is 122. The Balaban J connectivity index is 0.000000277. The number of aromatic amines is 5. The van der Waals surface area contributed by atoms with E-state index in [2.05, 4.69) is 126 Å². The number of ether oxygens (including phenoxy) is 5. The number of nitrogen functional groups attached to an aromatic ring is 5. The van der Waals surface area contributed by atoms with Crippen LogP contribution in [0.25, 0.3) is 55.8 Å². The maximum atomic E-state index is 13.2. The second-order valence-corrected chi connectivity index (χ2v) is 45.1. The standard InChI is InChI=1S/5C16H26N7O5P/c5*1-9(11(3)24)21-29(27,22-10(2)12(4)25)8-28-6-5-23-7-18-13-14(23)19-16(17)20-15(13)26/h5*7,9-10H,5-6,8H2,1-4H3,(H2,21,22,27)(H3,17,19,20,26)/t3*9-,10+,29?;2*9-,10-/m...11/s1. The van der Waals surface area contributed by atoms with E-state index in [0.29, 0.717) is 28.2 Å². The zero-order valence-corrected chi connectivity index (χ0v) is 88.3. The number of hydrogen-bond acceptors (Lipinski definition) is 40. The Labute approximate surface area is 828 Å². The number of nitrogens with two attached hydrogens (primary N) is 5. The smallest absolute Gasteiger partial charge is 0.280 e. The molecule has 3 unspecified atom stereocenters. The molecule has 65 heteroatoms. The fourth-order valence-corrected chi connectivity index (χ4v) is 23.2. The highest BCUT2D eigenvalue weighted by Crippen LogP contribution is 2.42. The number of carbonyl (C=O) groups excluding carboxylic acids is 10. The summed E-state index contributed by atoms with van der Waals surface area (Å²) in [5.41, 5.74) is 27.9. The van der Waals surface area contributed by atoms with Gasteiger partial charge in [0, 0.05) is 32.7 Å². The van der Waals surface area contributed by atoms with Crippen LogP contribution in [0.5, 0.6) is 0 Å². The molecule has 25 N–H and O–H groups in total. The van der Waals surface area contributed by atoms with Gasteiger partial charge in [-0.3, -0.25) is 120 Å². The number of imidazole rings is 5. The second-order valence-electron chi connectivity index (χ2n) is 33.8. The Bertz CT molecular complexity index is 5800. The van der Waals surface area contributed by atoms with Crippen LogP contribution in [-0.4, -0.2) is 281 Å². The predicted molar refractivity (Wildman–Crippen MR) is 538 cm³/mol. The molecule has 0 spiro atoms. The molecule has 10 aromatic rings. The molecule has 0 aliphatic carbocycles. The van der Waals surface area contributed by atoms with Gasteiger partial charge >= 0.3 is 0 Å². The van der Waals surface area contributed by atoms with Crippen LogP contribution in [-0.2, 0) is 127 Å². The van der Waals surface area contributed by atoms with Gasteiger partial charge < -0.3 is 75.2 Å². The lowest BCUT2D eigenvalue weighted by atomic mass is 10.3. The van der Waals surface area contributed by atoms with E-state index in [9.17, 15) is 94.7 Å². The van der Waals surface area contributed by atoms with Crippen molar-refractivity contribution in [1.82, 2.24) is 148 Å². The normalized spacial score (nSPS) is 15.1. The van der Waals surface area contributed by atoms with Crippen LogP contribution < -0.4 is 107 Å². The van der Waals surface area contributed by atoms with Crippen molar-refractivity contribution in [3.63, 3.8) is 0 Å². The van der Waals surface area contributed by atoms with Gasteiger partial charge in [-0.2, -0.15) is 24.9 Å². The van der Waals surface area contributed by atoms with Crippen LogP contribution >= 0.6 is 37.2 Å². The highest BCUT2D eigenvalue weighted by atomic mass is 31.2. The molecule has 13 atom stereocenters. The molecule has 0 fully saturated rings. The van der Waals surface area contributed by atoms with Gasteiger partial charge in [-0.1, -0.05) is 0 Å². The molecule has 10 heterocycles. The fraction of sp³-hybridized carbons (Fsp3) is 0.562. The average Bonchev–Trinajstić information content (AvgIpc) is 1.67. The summed E-state index contributed by atoms with van der Waals surface area (Å²) in [4.78, 5) is 226. The van der Waals surface area contributed by atoms with Gasteiger partial charge in [0.2, 0.25) is 67.0 Å². The van der Waals surface area contributed by atoms with E-state index in [0.717, 1.165) is 0 Å². The Hall–Kier alpha value is -12.0. The summed E-state index contributed by atoms with van der Waals surface area (Å²) in [6.07, 6.45) is 5.93. The Morgan fingerprint density at radius 1 is 0.255 bits per heavy atom. The molecule has 0 saturated heterocycles. The molecule has 145 heavy (non-hydrogen) atoms. The Morgan fingerprint density at radius 3 is 0.483 bits per heavy atom. The third kappa shape index (κ3) is 37.8. The molecular formula is C80H130N35O25P5. The van der Waals surface area contributed by atoms with Gasteiger partial charge in [0.1, 0.15) is 89.6 Å². The van der Waals surface area contributed by atoms with Gasteiger partial charge in [0.25, 0.3) is 27.8 Å². The van der Waals surface area contributed by atoms with Gasteiger partial charge in [0.15, 0.2) is 55.8 Å². The van der Waals surface area contributed by atoms with Crippen LogP contribution in [0.3, 0.4) is 0 Å². The lowest BCUT2D eigenvalue weighted by Gasteiger charge is -2.26. The molecule has 60 nitrogen and oxygen atoms in total. The van der Waals surface area contributed by atoms with E-state index in [-0.39, 0.29) is 213 Å². The predicted octanol–water partition coefficient (Wildman–Crippen LogP) is 0.0160. The first-order valence-electron chi connectivity index (χ1n) is 44.8. The van der Waals surface area contributed by atoms with Crippen LogP contribution in [0.1, 0.15) is 138 Å². The lowest BCUT2D eigenvalue weighted by Crippen LogP contribution is -2.40. The van der Waals surface area contributed by atoms with Crippen molar-refractivity contribution < 1.29 is 94.5 Å². The van der Waals surface area contributed by atoms with Crippen molar-refractivity contribution in [1.29, 1.82) is 0 Å². The van der Waals surface area contributed by atoms with Gasteiger partial charge in [-0.15, -0.1) is 0 Å². The highest BCUT2D eigenvalue weighted by Gasteiger charge is 2.36. The zero-order valence-electron chi connectivity index (χ0n) is 83.8. The Kier molecular flexibility index (Phi) is 46.1. The zero-order chi connectivity index (χ0) is 109. The summed E-state index contributed by atoms with van der Waals surface area (Å²) in [6, 6.07) is -6.74. The molecule has 0 aliphatic rings. The second kappa shape index (κ2) is 55.0. The number of nitrogens with zero attached hydrogens (tertiary/aromatic N) is 15. The summed E-state index contributed by atoms with van der Waals surface area (Å²) in [7, 11) is -16.9. The fourth-order valence-electron chi connectivity index (χ4n) is 12.0. The van der Waals surface area contributed by atoms with Crippen LogP contribution in [0, 0.1) is 0 Å². The maximum Gasteiger partial charge on any atom is 0.280 e. The number of anilines is 5. The van der Waals surface area contributed by atoms with E-state index < -0.39 is 125 Å². The molecule has 0 aliphatic heterocycles. The van der Waals surface area contributed by atoms with Gasteiger partial charge in [-0.25, -0.2) is 75.8 Å². The first-order chi connectivity index (χ1) is 67.6. The Morgan fingerprint density at radius 2 is 0.372 bits per heavy atom. The summed E-state index contributed by atoms with van der Waals surface area (Å²) in [5, 5.41) is 27.4. The highest BCUT2D eigenvalue weighted by molar-refractivity contribution is 7.61. The molecule has 10 aromatic heterocycles. The molecule has 0 amide bonds. The molecule has 0 aromatic carbocycles. The van der Waals surface area contributed by atoms with Crippen LogP contribution in [0.15, 0.2) is 55.6 Å². The van der Waals surface area contributed by atoms with Crippen molar-refractivity contribution in [2.45, 2.75) is 232 Å². The van der Waals surface area contributed by atoms with Crippen LogP contribution in [0.2, 0.25) is 0 Å². The number of rotatable bonds is 55. The van der Waals surface area contributed by atoms with Crippen molar-refractivity contribution in [3.05, 3.63) is 83.4 Å². The summed E-state index contributed by atoms with van der Waals surface area (Å²) in [5.74, 6) is -2.07. The average molecular weight is 2140 g/mol. The van der Waals surface area contributed by atoms with E-state index in [1.165, 1.54) is 101 Å². The van der Waals surface area contributed by atoms with E-state index in [4.69, 9.17) is 52.4 Å². The largest absolute Gasteiger partial charge is 0.369 e. The third-order valence-electron chi connectivity index (χ3n) is 21.3. The molecule has 0 radical (unpaired) electrons. The third-order valence-corrected chi connectivity index (χ3v) is 32.1. The SMILES string of the molecule is CC(=O)[C@@H](C)NP(=O)(COCCn1cnc2c(=O)[nH]c(N)nc21)N[C@H](C)C(C)=O.CC(=O)[C@@H](C)NP(=O)(COCCn1cnc2c(=O)[nH]c(N)nc21)N[C@H](C)C(C)=O.CC(=O)[C@H](C)NP(=O)(COCCn1cnc2c(=O)[nH]c(N)nc21)N[C@H](C)C(C)=O.CC(=O)[C@H](C)NP(=O)(COCCn1cnc2c(=O)[nH]c(N)nc21)N[C@H](C)C(C)=O.CC(=O)[C@H](C)NP(=O)(COCCn1cnc2c(=O)[nH]c(N)nc21)N[C@H](C)C(C)=O. The number of carbonyl (C=O) groups is 10. The number of fused-ring (bicyclic) bond motifs is 5. The van der Waals surface area contributed by atoms with Crippen molar-refractivity contribution in [2.75, 3.05) is 93.4 Å². The number of aromatic nitrogens is 20. The lowest BCUT2D eigenvalue weighted by molar-refractivity contribution is -0.119. The molecular weight excluding hydrogens is 2010 g/mol. The molecule has 0 bridgehead atoms. The van der Waals surface area contributed by atoms with E-state index in [1.807, 2.05) is 0 Å². The monoisotopic (exact) mass is 2140 g/mol. The first-order valence-corrected chi connectivity index (χ1v) is 54.3. The van der Waals surface area contributed by atoms with Crippen LogP contribution in [0.4, 0.5) is 29.7 Å². The number of hydrogen-bond donors (Lipinski definition) is 20. The molecule has 0 saturated carbocycles. The number of nitrogens with one attached hydrogen (secondary N) is 15. The van der Waals surface area contributed by atoms with E-state index >= 15 is 0 Å². The maximum absolute atomic E-state index is 13.2. The van der Waals surface area contributed by atoms with Gasteiger partial charge in [0.05, 0.1) is 125 Å². The molecule has 800 valence electrons. The number of H-pyrrole nitrogens is 5. The number of ketones is 10. The quantitative estimate of drug-likeness (QED) is 0.0176. The van der Waals surface area contributed by atoms with Gasteiger partial charge in [-0.05, 0) is 138 Å². The number of Topliss-reactive ketones (excluding diaryl/α,β-unsaturated/α-hetero) is 10.